The molecule has 1 aromatic carbocycles. The average molecular weight is 426 g/mol. The number of amides is 1. The number of piperidine rings is 1. The molecular weight excluding hydrogens is 390 g/mol. The van der Waals surface area contributed by atoms with Gasteiger partial charge in [0.25, 0.3) is 0 Å². The minimum absolute atomic E-state index is 0.0405. The highest BCUT2D eigenvalue weighted by atomic mass is 16.6. The Balaban J connectivity index is 1.38. The summed E-state index contributed by atoms with van der Waals surface area (Å²) >= 11 is 0. The molecule has 0 bridgehead atoms. The lowest BCUT2D eigenvalue weighted by atomic mass is 9.73. The van der Waals surface area contributed by atoms with Crippen molar-refractivity contribution in [2.24, 2.45) is 5.92 Å². The lowest BCUT2D eigenvalue weighted by Gasteiger charge is -2.40. The predicted molar refractivity (Wildman–Crippen MR) is 120 cm³/mol. The van der Waals surface area contributed by atoms with E-state index >= 15 is 0 Å². The van der Waals surface area contributed by atoms with Crippen LogP contribution in [0.15, 0.2) is 36.4 Å². The summed E-state index contributed by atoms with van der Waals surface area (Å²) in [7, 11) is 1.45. The summed E-state index contributed by atoms with van der Waals surface area (Å²) in [4.78, 5) is 26.7. The quantitative estimate of drug-likeness (QED) is 0.482. The van der Waals surface area contributed by atoms with Crippen molar-refractivity contribution in [3.8, 4) is 0 Å². The van der Waals surface area contributed by atoms with E-state index in [-0.39, 0.29) is 29.5 Å². The molecular formula is C26H35NO4. The summed E-state index contributed by atoms with van der Waals surface area (Å²) < 4.78 is 10.8. The highest BCUT2D eigenvalue weighted by Gasteiger charge is 2.46. The highest BCUT2D eigenvalue weighted by Crippen LogP contribution is 2.52. The number of methoxy groups -OCH3 is 1. The molecule has 3 unspecified atom stereocenters. The van der Waals surface area contributed by atoms with Crippen LogP contribution in [-0.4, -0.2) is 43.3 Å². The van der Waals surface area contributed by atoms with E-state index in [9.17, 15) is 9.59 Å². The molecule has 3 atom stereocenters. The molecule has 5 heteroatoms. The van der Waals surface area contributed by atoms with Gasteiger partial charge in [-0.2, -0.15) is 0 Å². The van der Waals surface area contributed by atoms with Gasteiger partial charge >= 0.3 is 12.1 Å². The zero-order valence-electron chi connectivity index (χ0n) is 18.9. The molecule has 4 rings (SSSR count). The maximum absolute atomic E-state index is 12.9. The van der Waals surface area contributed by atoms with Gasteiger partial charge in [-0.1, -0.05) is 36.4 Å². The summed E-state index contributed by atoms with van der Waals surface area (Å²) in [5, 5.41) is 0. The summed E-state index contributed by atoms with van der Waals surface area (Å²) in [5.41, 5.74) is 3.94. The van der Waals surface area contributed by atoms with Crippen LogP contribution in [0.2, 0.25) is 0 Å². The molecule has 1 aliphatic heterocycles. The van der Waals surface area contributed by atoms with Crippen molar-refractivity contribution in [2.75, 3.05) is 20.2 Å². The van der Waals surface area contributed by atoms with Gasteiger partial charge in [-0.3, -0.25) is 4.79 Å². The van der Waals surface area contributed by atoms with Crippen LogP contribution in [0, 0.1) is 5.92 Å². The second-order valence-electron chi connectivity index (χ2n) is 9.73. The maximum Gasteiger partial charge on any atom is 0.410 e. The van der Waals surface area contributed by atoms with Crippen LogP contribution in [0.3, 0.4) is 0 Å². The average Bonchev–Trinajstić information content (AvgIpc) is 3.07. The number of benzene rings is 1. The highest BCUT2D eigenvalue weighted by molar-refractivity contribution is 5.71. The van der Waals surface area contributed by atoms with Gasteiger partial charge in [0.05, 0.1) is 13.5 Å². The molecule has 2 fully saturated rings. The Kier molecular flexibility index (Phi) is 6.40. The third kappa shape index (κ3) is 4.51. The number of likely N-dealkylation sites (tertiary alicyclic amines) is 1. The molecule has 1 saturated carbocycles. The van der Waals surface area contributed by atoms with Crippen molar-refractivity contribution in [3.05, 3.63) is 47.5 Å². The van der Waals surface area contributed by atoms with E-state index in [4.69, 9.17) is 9.47 Å². The molecule has 0 radical (unpaired) electrons. The van der Waals surface area contributed by atoms with Crippen LogP contribution >= 0.6 is 0 Å². The van der Waals surface area contributed by atoms with Gasteiger partial charge in [-0.25, -0.2) is 4.79 Å². The zero-order valence-corrected chi connectivity index (χ0v) is 18.9. The minimum Gasteiger partial charge on any atom is -0.469 e. The lowest BCUT2D eigenvalue weighted by Crippen LogP contribution is -2.45. The van der Waals surface area contributed by atoms with Crippen LogP contribution in [-0.2, 0) is 19.7 Å². The van der Waals surface area contributed by atoms with Gasteiger partial charge in [0.2, 0.25) is 0 Å². The fraction of sp³-hybridized carbons (Fsp3) is 0.615. The van der Waals surface area contributed by atoms with Gasteiger partial charge in [0.1, 0.15) is 6.10 Å². The second kappa shape index (κ2) is 9.05. The molecule has 3 aliphatic rings. The number of carbonyl (C=O) groups excluding carboxylic acids is 2. The van der Waals surface area contributed by atoms with Crippen LogP contribution in [0.4, 0.5) is 4.79 Å². The standard InChI is InChI=1S/C26H35NO4/c1-18-7-6-8-20(15-18)19(2)31-25(29)27-13-11-26(12-14-27)17-21(16-24(28)30-3)22-9-4-5-10-23(22)26/h4-5,9-10,19-21H,1,6-8,11-17H2,2-3H3. The normalized spacial score (nSPS) is 25.7. The SMILES string of the molecule is C=C1CCCC(C(C)OC(=O)N2CCC3(CC2)CC(CC(=O)OC)c2ccccc23)C1. The first kappa shape index (κ1) is 21.9. The van der Waals surface area contributed by atoms with E-state index in [1.54, 1.807) is 0 Å². The molecule has 5 nitrogen and oxygen atoms in total. The van der Waals surface area contributed by atoms with E-state index in [0.717, 1.165) is 44.9 Å². The van der Waals surface area contributed by atoms with Crippen LogP contribution in [0.5, 0.6) is 0 Å². The molecule has 168 valence electrons. The smallest absolute Gasteiger partial charge is 0.410 e. The largest absolute Gasteiger partial charge is 0.469 e. The molecule has 1 heterocycles. The molecule has 31 heavy (non-hydrogen) atoms. The van der Waals surface area contributed by atoms with Gasteiger partial charge < -0.3 is 14.4 Å². The molecule has 2 aliphatic carbocycles. The fourth-order valence-corrected chi connectivity index (χ4v) is 6.00. The van der Waals surface area contributed by atoms with Crippen molar-refractivity contribution in [2.45, 2.75) is 75.7 Å². The van der Waals surface area contributed by atoms with E-state index in [0.29, 0.717) is 25.4 Å². The summed E-state index contributed by atoms with van der Waals surface area (Å²) in [6, 6.07) is 8.49. The van der Waals surface area contributed by atoms with Crippen LogP contribution < -0.4 is 0 Å². The molecule has 1 saturated heterocycles. The number of nitrogens with zero attached hydrogens (tertiary/aromatic N) is 1. The molecule has 0 N–H and O–H groups in total. The van der Waals surface area contributed by atoms with Gasteiger partial charge in [-0.15, -0.1) is 0 Å². The number of allylic oxidation sites excluding steroid dienone is 1. The minimum atomic E-state index is -0.184. The van der Waals surface area contributed by atoms with Crippen LogP contribution in [0.1, 0.15) is 75.3 Å². The lowest BCUT2D eigenvalue weighted by molar-refractivity contribution is -0.141. The van der Waals surface area contributed by atoms with Crippen LogP contribution in [0.25, 0.3) is 0 Å². The first-order valence-electron chi connectivity index (χ1n) is 11.7. The van der Waals surface area contributed by atoms with Gasteiger partial charge in [0, 0.05) is 13.1 Å². The Hall–Kier alpha value is -2.30. The third-order valence-corrected chi connectivity index (χ3v) is 7.84. The number of carbonyl (C=O) groups is 2. The van der Waals surface area contributed by atoms with Crippen molar-refractivity contribution < 1.29 is 19.1 Å². The molecule has 0 aromatic heterocycles. The fourth-order valence-electron chi connectivity index (χ4n) is 6.00. The number of ether oxygens (including phenoxy) is 2. The van der Waals surface area contributed by atoms with Crippen molar-refractivity contribution >= 4 is 12.1 Å². The third-order valence-electron chi connectivity index (χ3n) is 7.84. The molecule has 1 spiro atoms. The van der Waals surface area contributed by atoms with E-state index in [2.05, 4.69) is 30.8 Å². The first-order valence-corrected chi connectivity index (χ1v) is 11.7. The Morgan fingerprint density at radius 3 is 2.71 bits per heavy atom. The number of rotatable bonds is 4. The summed E-state index contributed by atoms with van der Waals surface area (Å²) in [6.07, 6.45) is 7.25. The van der Waals surface area contributed by atoms with Crippen molar-refractivity contribution in [1.82, 2.24) is 4.90 Å². The zero-order chi connectivity index (χ0) is 22.0. The summed E-state index contributed by atoms with van der Waals surface area (Å²) in [5.74, 6) is 0.431. The maximum atomic E-state index is 12.9. The van der Waals surface area contributed by atoms with E-state index in [1.165, 1.54) is 23.8 Å². The Morgan fingerprint density at radius 1 is 1.26 bits per heavy atom. The van der Waals surface area contributed by atoms with E-state index < -0.39 is 0 Å². The second-order valence-corrected chi connectivity index (χ2v) is 9.73. The number of fused-ring (bicyclic) bond motifs is 2. The van der Waals surface area contributed by atoms with E-state index in [1.807, 2.05) is 11.8 Å². The number of hydrogen-bond donors (Lipinski definition) is 0. The Labute approximate surface area is 185 Å². The molecule has 1 aromatic rings. The topological polar surface area (TPSA) is 55.8 Å². The van der Waals surface area contributed by atoms with Gasteiger partial charge in [0.15, 0.2) is 0 Å². The van der Waals surface area contributed by atoms with Crippen molar-refractivity contribution in [1.29, 1.82) is 0 Å². The van der Waals surface area contributed by atoms with Crippen molar-refractivity contribution in [3.63, 3.8) is 0 Å². The monoisotopic (exact) mass is 425 g/mol. The number of esters is 1. The Morgan fingerprint density at radius 2 is 2.00 bits per heavy atom. The first-order chi connectivity index (χ1) is 14.9. The predicted octanol–water partition coefficient (Wildman–Crippen LogP) is 5.34. The number of hydrogen-bond acceptors (Lipinski definition) is 4. The molecule has 1 amide bonds. The summed E-state index contributed by atoms with van der Waals surface area (Å²) in [6.45, 7) is 7.54. The van der Waals surface area contributed by atoms with Gasteiger partial charge in [-0.05, 0) is 80.2 Å². The Bertz CT molecular complexity index is 840.